The molecule has 41 valence electrons. The highest BCUT2D eigenvalue weighted by Crippen LogP contribution is 2.16. The van der Waals surface area contributed by atoms with Crippen LogP contribution in [0.3, 0.4) is 0 Å². The van der Waals surface area contributed by atoms with Crippen LogP contribution < -0.4 is 0 Å². The van der Waals surface area contributed by atoms with Gasteiger partial charge in [-0.3, -0.25) is 10.1 Å². The maximum Gasteiger partial charge on any atom is 0.324 e. The van der Waals surface area contributed by atoms with Gasteiger partial charge in [0.05, 0.1) is 4.92 Å². The van der Waals surface area contributed by atoms with Gasteiger partial charge in [0, 0.05) is 17.5 Å². The molecule has 0 amide bonds. The van der Waals surface area contributed by atoms with Crippen LogP contribution >= 0.6 is 11.3 Å². The fourth-order valence-corrected chi connectivity index (χ4v) is 0.808. The van der Waals surface area contributed by atoms with Crippen molar-refractivity contribution in [2.75, 3.05) is 0 Å². The molecule has 0 N–H and O–H groups in total. The Kier molecular flexibility index (Phi) is 1.26. The lowest BCUT2D eigenvalue weighted by Crippen LogP contribution is -1.80. The topological polar surface area (TPSA) is 43.1 Å². The van der Waals surface area contributed by atoms with Gasteiger partial charge >= 0.3 is 5.00 Å². The summed E-state index contributed by atoms with van der Waals surface area (Å²) in [5.74, 6) is 0. The van der Waals surface area contributed by atoms with Crippen LogP contribution in [0, 0.1) is 16.2 Å². The number of nitro groups is 1. The first kappa shape index (κ1) is 5.24. The number of hydrogen-bond acceptors (Lipinski definition) is 3. The van der Waals surface area contributed by atoms with E-state index in [1.54, 1.807) is 5.38 Å². The molecule has 4 heteroatoms. The maximum atomic E-state index is 9.86. The minimum Gasteiger partial charge on any atom is -0.258 e. The van der Waals surface area contributed by atoms with Gasteiger partial charge in [0.25, 0.3) is 0 Å². The van der Waals surface area contributed by atoms with Gasteiger partial charge in [-0.1, -0.05) is 11.3 Å². The zero-order valence-corrected chi connectivity index (χ0v) is 4.64. The van der Waals surface area contributed by atoms with E-state index in [1.165, 1.54) is 6.07 Å². The summed E-state index contributed by atoms with van der Waals surface area (Å²) in [5.41, 5.74) is 0. The van der Waals surface area contributed by atoms with Gasteiger partial charge < -0.3 is 0 Å². The number of hydrogen-bond donors (Lipinski definition) is 0. The molecule has 0 atom stereocenters. The van der Waals surface area contributed by atoms with Gasteiger partial charge in [-0.25, -0.2) is 0 Å². The van der Waals surface area contributed by atoms with Gasteiger partial charge in [0.2, 0.25) is 0 Å². The summed E-state index contributed by atoms with van der Waals surface area (Å²) in [6.45, 7) is 0. The SMILES string of the molecule is O=[N+]([O-])c1c[c]cs1. The summed E-state index contributed by atoms with van der Waals surface area (Å²) in [6.07, 6.45) is 0. The molecule has 1 aromatic heterocycles. The maximum absolute atomic E-state index is 9.86. The van der Waals surface area contributed by atoms with E-state index >= 15 is 0 Å². The minimum atomic E-state index is -0.429. The molecule has 0 unspecified atom stereocenters. The number of thiophene rings is 1. The molecule has 0 aromatic carbocycles. The van der Waals surface area contributed by atoms with E-state index in [0.29, 0.717) is 0 Å². The Balaban J connectivity index is 2.93. The van der Waals surface area contributed by atoms with Gasteiger partial charge in [-0.15, -0.1) is 0 Å². The van der Waals surface area contributed by atoms with Crippen molar-refractivity contribution in [3.63, 3.8) is 0 Å². The van der Waals surface area contributed by atoms with Crippen LogP contribution in [-0.2, 0) is 0 Å². The van der Waals surface area contributed by atoms with E-state index in [0.717, 1.165) is 11.3 Å². The average molecular weight is 128 g/mol. The smallest absolute Gasteiger partial charge is 0.258 e. The number of rotatable bonds is 1. The van der Waals surface area contributed by atoms with E-state index in [1.807, 2.05) is 0 Å². The summed E-state index contributed by atoms with van der Waals surface area (Å²) >= 11 is 1.08. The lowest BCUT2D eigenvalue weighted by Gasteiger charge is -1.76. The zero-order chi connectivity index (χ0) is 5.98. The highest BCUT2D eigenvalue weighted by Gasteiger charge is 2.02. The minimum absolute atomic E-state index is 0.144. The van der Waals surface area contributed by atoms with Crippen molar-refractivity contribution in [3.8, 4) is 0 Å². The fraction of sp³-hybridized carbons (Fsp3) is 0. The van der Waals surface area contributed by atoms with Crippen molar-refractivity contribution >= 4 is 16.3 Å². The third-order valence-corrected chi connectivity index (χ3v) is 1.40. The van der Waals surface area contributed by atoms with E-state index in [4.69, 9.17) is 0 Å². The molecule has 1 heterocycles. The van der Waals surface area contributed by atoms with Crippen molar-refractivity contribution in [2.24, 2.45) is 0 Å². The lowest BCUT2D eigenvalue weighted by molar-refractivity contribution is -0.380. The summed E-state index contributed by atoms with van der Waals surface area (Å²) in [4.78, 5) is 9.43. The standard InChI is InChI=1S/C4H2NO2S/c6-5(7)4-2-1-3-8-4/h2-3H. The molecule has 0 aliphatic heterocycles. The highest BCUT2D eigenvalue weighted by molar-refractivity contribution is 7.13. The molecule has 1 radical (unpaired) electrons. The monoisotopic (exact) mass is 128 g/mol. The zero-order valence-electron chi connectivity index (χ0n) is 3.83. The molecular weight excluding hydrogens is 126 g/mol. The van der Waals surface area contributed by atoms with Crippen LogP contribution in [0.5, 0.6) is 0 Å². The largest absolute Gasteiger partial charge is 0.324 e. The van der Waals surface area contributed by atoms with Gasteiger partial charge in [-0.2, -0.15) is 0 Å². The quantitative estimate of drug-likeness (QED) is 0.424. The van der Waals surface area contributed by atoms with E-state index in [-0.39, 0.29) is 5.00 Å². The third kappa shape index (κ3) is 0.840. The predicted molar refractivity (Wildman–Crippen MR) is 29.8 cm³/mol. The van der Waals surface area contributed by atoms with Crippen LogP contribution in [-0.4, -0.2) is 4.92 Å². The Hall–Kier alpha value is -0.900. The van der Waals surface area contributed by atoms with E-state index < -0.39 is 4.92 Å². The van der Waals surface area contributed by atoms with Crippen LogP contribution in [0.2, 0.25) is 0 Å². The Morgan fingerprint density at radius 3 is 2.88 bits per heavy atom. The molecule has 0 fully saturated rings. The molecule has 1 aromatic rings. The first-order valence-electron chi connectivity index (χ1n) is 1.89. The average Bonchev–Trinajstić information content (AvgIpc) is 2.12. The molecule has 0 aliphatic carbocycles. The summed E-state index contributed by atoms with van der Waals surface area (Å²) in [5, 5.41) is 11.6. The first-order valence-corrected chi connectivity index (χ1v) is 2.77. The van der Waals surface area contributed by atoms with Crippen molar-refractivity contribution in [3.05, 3.63) is 27.6 Å². The molecule has 0 saturated heterocycles. The second-order valence-electron chi connectivity index (χ2n) is 1.14. The van der Waals surface area contributed by atoms with Crippen LogP contribution in [0.25, 0.3) is 0 Å². The Bertz CT molecular complexity index is 182. The van der Waals surface area contributed by atoms with Crippen molar-refractivity contribution in [1.82, 2.24) is 0 Å². The fourth-order valence-electron chi connectivity index (χ4n) is 0.329. The summed E-state index contributed by atoms with van der Waals surface area (Å²) in [6, 6.07) is 3.94. The van der Waals surface area contributed by atoms with Crippen LogP contribution in [0.15, 0.2) is 11.4 Å². The predicted octanol–water partition coefficient (Wildman–Crippen LogP) is 1.46. The van der Waals surface area contributed by atoms with Crippen LogP contribution in [0.1, 0.15) is 0 Å². The Morgan fingerprint density at radius 1 is 1.88 bits per heavy atom. The molecule has 0 saturated carbocycles. The second-order valence-corrected chi connectivity index (χ2v) is 2.03. The Morgan fingerprint density at radius 2 is 2.62 bits per heavy atom. The summed E-state index contributed by atoms with van der Waals surface area (Å²) < 4.78 is 0. The van der Waals surface area contributed by atoms with E-state index in [2.05, 4.69) is 6.07 Å². The number of nitrogens with zero attached hydrogens (tertiary/aromatic N) is 1. The van der Waals surface area contributed by atoms with Crippen molar-refractivity contribution in [2.45, 2.75) is 0 Å². The van der Waals surface area contributed by atoms with Crippen molar-refractivity contribution in [1.29, 1.82) is 0 Å². The molecule has 0 bridgehead atoms. The second kappa shape index (κ2) is 1.92. The van der Waals surface area contributed by atoms with E-state index in [9.17, 15) is 10.1 Å². The Labute approximate surface area is 49.7 Å². The van der Waals surface area contributed by atoms with Gasteiger partial charge in [-0.05, 0) is 0 Å². The third-order valence-electron chi connectivity index (χ3n) is 0.634. The van der Waals surface area contributed by atoms with Crippen LogP contribution in [0.4, 0.5) is 5.00 Å². The molecule has 0 spiro atoms. The first-order chi connectivity index (χ1) is 3.80. The van der Waals surface area contributed by atoms with Gasteiger partial charge in [0.15, 0.2) is 0 Å². The highest BCUT2D eigenvalue weighted by atomic mass is 32.1. The molecular formula is C4H2NO2S. The molecule has 3 nitrogen and oxygen atoms in total. The van der Waals surface area contributed by atoms with Gasteiger partial charge in [0.1, 0.15) is 0 Å². The normalized spacial score (nSPS) is 9.00. The lowest BCUT2D eigenvalue weighted by atomic mass is 10.6. The van der Waals surface area contributed by atoms with Crippen molar-refractivity contribution < 1.29 is 4.92 Å². The molecule has 8 heavy (non-hydrogen) atoms. The molecule has 1 rings (SSSR count). The molecule has 0 aliphatic rings. The summed E-state index contributed by atoms with van der Waals surface area (Å²) in [7, 11) is 0.